The Labute approximate surface area is 107 Å². The van der Waals surface area contributed by atoms with Gasteiger partial charge in [0.05, 0.1) is 17.0 Å². The van der Waals surface area contributed by atoms with Gasteiger partial charge in [0.1, 0.15) is 0 Å². The van der Waals surface area contributed by atoms with Gasteiger partial charge in [0.2, 0.25) is 0 Å². The fraction of sp³-hybridized carbons (Fsp3) is 0.462. The number of aromatic nitrogens is 2. The second-order valence-electron chi connectivity index (χ2n) is 4.48. The quantitative estimate of drug-likeness (QED) is 0.772. The van der Waals surface area contributed by atoms with Gasteiger partial charge in [-0.15, -0.1) is 0 Å². The van der Waals surface area contributed by atoms with Crippen LogP contribution in [0.15, 0.2) is 17.7 Å². The van der Waals surface area contributed by atoms with Gasteiger partial charge in [-0.2, -0.15) is 10.2 Å². The van der Waals surface area contributed by atoms with Gasteiger partial charge < -0.3 is 10.6 Å². The summed E-state index contributed by atoms with van der Waals surface area (Å²) in [6, 6.07) is 1.77. The van der Waals surface area contributed by atoms with Crippen molar-refractivity contribution in [3.05, 3.63) is 34.7 Å². The van der Waals surface area contributed by atoms with Gasteiger partial charge in [-0.1, -0.05) is 11.6 Å². The molecule has 0 fully saturated rings. The Balaban J connectivity index is 1.99. The molecule has 96 valence electrons. The van der Waals surface area contributed by atoms with Crippen LogP contribution in [0.4, 0.5) is 0 Å². The van der Waals surface area contributed by atoms with Gasteiger partial charge in [0.15, 0.2) is 0 Å². The summed E-state index contributed by atoms with van der Waals surface area (Å²) in [5, 5.41) is 14.1. The monoisotopic (exact) mass is 246 g/mol. The van der Waals surface area contributed by atoms with Crippen molar-refractivity contribution in [1.82, 2.24) is 20.8 Å². The Bertz CT molecular complexity index is 482. The van der Waals surface area contributed by atoms with E-state index in [0.717, 1.165) is 25.2 Å². The number of amides is 1. The highest BCUT2D eigenvalue weighted by Gasteiger charge is 2.11. The molecule has 0 atom stereocenters. The van der Waals surface area contributed by atoms with E-state index in [1.54, 1.807) is 13.0 Å². The smallest absolute Gasteiger partial charge is 0.253 e. The van der Waals surface area contributed by atoms with Gasteiger partial charge >= 0.3 is 0 Å². The third kappa shape index (κ3) is 3.13. The highest BCUT2D eigenvalue weighted by atomic mass is 16.1. The summed E-state index contributed by atoms with van der Waals surface area (Å²) in [7, 11) is 0. The summed E-state index contributed by atoms with van der Waals surface area (Å²) in [6.45, 7) is 6.11. The van der Waals surface area contributed by atoms with Crippen molar-refractivity contribution in [3.8, 4) is 0 Å². The average Bonchev–Trinajstić information content (AvgIpc) is 2.40. The first kappa shape index (κ1) is 12.7. The second kappa shape index (κ2) is 5.73. The molecule has 2 N–H and O–H groups in total. The molecular weight excluding hydrogens is 228 g/mol. The molecule has 5 nitrogen and oxygen atoms in total. The highest BCUT2D eigenvalue weighted by Crippen LogP contribution is 2.07. The third-order valence-corrected chi connectivity index (χ3v) is 2.98. The van der Waals surface area contributed by atoms with E-state index in [1.165, 1.54) is 5.57 Å². The molecule has 0 spiro atoms. The van der Waals surface area contributed by atoms with Gasteiger partial charge in [0, 0.05) is 13.1 Å². The topological polar surface area (TPSA) is 66.9 Å². The minimum absolute atomic E-state index is 0.0788. The zero-order valence-corrected chi connectivity index (χ0v) is 10.8. The summed E-state index contributed by atoms with van der Waals surface area (Å²) in [5.74, 6) is -0.0788. The lowest BCUT2D eigenvalue weighted by Crippen LogP contribution is -2.30. The molecule has 5 heteroatoms. The lowest BCUT2D eigenvalue weighted by atomic mass is 10.1. The molecule has 0 aromatic carbocycles. The van der Waals surface area contributed by atoms with E-state index < -0.39 is 0 Å². The Hall–Kier alpha value is -1.75. The van der Waals surface area contributed by atoms with Crippen LogP contribution in [0.25, 0.3) is 0 Å². The lowest BCUT2D eigenvalue weighted by Gasteiger charge is -2.14. The van der Waals surface area contributed by atoms with E-state index in [-0.39, 0.29) is 5.91 Å². The first-order chi connectivity index (χ1) is 8.66. The number of aryl methyl sites for hydroxylation is 2. The lowest BCUT2D eigenvalue weighted by molar-refractivity contribution is 0.0955. The zero-order chi connectivity index (χ0) is 13.0. The summed E-state index contributed by atoms with van der Waals surface area (Å²) >= 11 is 0. The van der Waals surface area contributed by atoms with Crippen LogP contribution in [-0.2, 0) is 0 Å². The molecule has 0 saturated heterocycles. The predicted molar refractivity (Wildman–Crippen MR) is 69.4 cm³/mol. The summed E-state index contributed by atoms with van der Waals surface area (Å²) < 4.78 is 0. The normalized spacial score (nSPS) is 15.1. The SMILES string of the molecule is Cc1cc(C(=O)NCC2=CCNCC2)c(C)nn1. The molecule has 2 heterocycles. The maximum absolute atomic E-state index is 12.0. The number of carbonyl (C=O) groups excluding carboxylic acids is 1. The Morgan fingerprint density at radius 3 is 3.00 bits per heavy atom. The van der Waals surface area contributed by atoms with E-state index in [4.69, 9.17) is 0 Å². The Kier molecular flexibility index (Phi) is 4.04. The molecule has 1 amide bonds. The van der Waals surface area contributed by atoms with Crippen LogP contribution in [0.1, 0.15) is 28.2 Å². The summed E-state index contributed by atoms with van der Waals surface area (Å²) in [5.41, 5.74) is 3.31. The molecule has 2 rings (SSSR count). The largest absolute Gasteiger partial charge is 0.348 e. The maximum Gasteiger partial charge on any atom is 0.253 e. The molecule has 0 bridgehead atoms. The minimum Gasteiger partial charge on any atom is -0.348 e. The molecule has 0 unspecified atom stereocenters. The van der Waals surface area contributed by atoms with Gasteiger partial charge in [-0.3, -0.25) is 4.79 Å². The average molecular weight is 246 g/mol. The van der Waals surface area contributed by atoms with Crippen LogP contribution in [0.5, 0.6) is 0 Å². The Morgan fingerprint density at radius 2 is 2.28 bits per heavy atom. The van der Waals surface area contributed by atoms with Crippen molar-refractivity contribution in [3.63, 3.8) is 0 Å². The van der Waals surface area contributed by atoms with Crippen LogP contribution in [-0.4, -0.2) is 35.7 Å². The fourth-order valence-electron chi connectivity index (χ4n) is 1.90. The van der Waals surface area contributed by atoms with Crippen LogP contribution in [0, 0.1) is 13.8 Å². The first-order valence-corrected chi connectivity index (χ1v) is 6.14. The molecule has 0 radical (unpaired) electrons. The molecule has 0 aliphatic carbocycles. The van der Waals surface area contributed by atoms with Crippen LogP contribution in [0.2, 0.25) is 0 Å². The van der Waals surface area contributed by atoms with Gasteiger partial charge in [-0.25, -0.2) is 0 Å². The fourth-order valence-corrected chi connectivity index (χ4v) is 1.90. The molecule has 18 heavy (non-hydrogen) atoms. The Morgan fingerprint density at radius 1 is 1.44 bits per heavy atom. The number of carbonyl (C=O) groups is 1. The van der Waals surface area contributed by atoms with E-state index in [1.807, 2.05) is 6.92 Å². The maximum atomic E-state index is 12.0. The number of rotatable bonds is 3. The van der Waals surface area contributed by atoms with E-state index in [2.05, 4.69) is 26.9 Å². The van der Waals surface area contributed by atoms with E-state index in [9.17, 15) is 4.79 Å². The van der Waals surface area contributed by atoms with Gasteiger partial charge in [-0.05, 0) is 32.9 Å². The number of hydrogen-bond donors (Lipinski definition) is 2. The van der Waals surface area contributed by atoms with E-state index in [0.29, 0.717) is 17.8 Å². The number of nitrogens with zero attached hydrogens (tertiary/aromatic N) is 2. The van der Waals surface area contributed by atoms with Crippen LogP contribution >= 0.6 is 0 Å². The summed E-state index contributed by atoms with van der Waals surface area (Å²) in [4.78, 5) is 12.0. The summed E-state index contributed by atoms with van der Waals surface area (Å²) in [6.07, 6.45) is 3.12. The minimum atomic E-state index is -0.0788. The predicted octanol–water partition coefficient (Wildman–Crippen LogP) is 0.743. The van der Waals surface area contributed by atoms with Crippen LogP contribution in [0.3, 0.4) is 0 Å². The zero-order valence-electron chi connectivity index (χ0n) is 10.8. The van der Waals surface area contributed by atoms with Crippen LogP contribution < -0.4 is 10.6 Å². The third-order valence-electron chi connectivity index (χ3n) is 2.98. The van der Waals surface area contributed by atoms with Crippen molar-refractivity contribution in [1.29, 1.82) is 0 Å². The van der Waals surface area contributed by atoms with Crippen molar-refractivity contribution in [2.75, 3.05) is 19.6 Å². The molecule has 0 saturated carbocycles. The standard InChI is InChI=1S/C13H18N4O/c1-9-7-12(10(2)17-16-9)13(18)15-8-11-3-5-14-6-4-11/h3,7,14H,4-6,8H2,1-2H3,(H,15,18). The van der Waals surface area contributed by atoms with Crippen molar-refractivity contribution < 1.29 is 4.79 Å². The number of nitrogens with one attached hydrogen (secondary N) is 2. The van der Waals surface area contributed by atoms with Crippen molar-refractivity contribution >= 4 is 5.91 Å². The second-order valence-corrected chi connectivity index (χ2v) is 4.48. The molecular formula is C13H18N4O. The van der Waals surface area contributed by atoms with Crippen molar-refractivity contribution in [2.45, 2.75) is 20.3 Å². The molecule has 1 aliphatic rings. The molecule has 1 aromatic rings. The van der Waals surface area contributed by atoms with Gasteiger partial charge in [0.25, 0.3) is 5.91 Å². The molecule has 1 aliphatic heterocycles. The number of hydrogen-bond acceptors (Lipinski definition) is 4. The van der Waals surface area contributed by atoms with Crippen molar-refractivity contribution in [2.24, 2.45) is 0 Å². The first-order valence-electron chi connectivity index (χ1n) is 6.14. The van der Waals surface area contributed by atoms with E-state index >= 15 is 0 Å². The highest BCUT2D eigenvalue weighted by molar-refractivity contribution is 5.95. The molecule has 1 aromatic heterocycles.